The van der Waals surface area contributed by atoms with Crippen LogP contribution in [0.2, 0.25) is 0 Å². The fraction of sp³-hybridized carbons (Fsp3) is 0.188. The van der Waals surface area contributed by atoms with Crippen molar-refractivity contribution in [3.05, 3.63) is 42.7 Å². The minimum Gasteiger partial charge on any atom is -0.386 e. The summed E-state index contributed by atoms with van der Waals surface area (Å²) in [5.74, 6) is 0.632. The second kappa shape index (κ2) is 6.61. The van der Waals surface area contributed by atoms with Crippen LogP contribution in [-0.4, -0.2) is 49.0 Å². The van der Waals surface area contributed by atoms with Gasteiger partial charge in [-0.2, -0.15) is 4.98 Å². The molecule has 0 fully saturated rings. The number of hydrogen-bond acceptors (Lipinski definition) is 7. The lowest BCUT2D eigenvalue weighted by molar-refractivity contribution is 0.432. The van der Waals surface area contributed by atoms with E-state index in [0.29, 0.717) is 22.8 Å². The number of nitrogens with one attached hydrogen (secondary N) is 1. The molecule has 0 aliphatic rings. The molecule has 130 valence electrons. The summed E-state index contributed by atoms with van der Waals surface area (Å²) in [4.78, 5) is 8.58. The normalized spacial score (nSPS) is 11.7. The fourth-order valence-electron chi connectivity index (χ4n) is 2.24. The Balaban J connectivity index is 2.01. The summed E-state index contributed by atoms with van der Waals surface area (Å²) in [6, 6.07) is 8.19. The Kier molecular flexibility index (Phi) is 4.51. The molecule has 2 heterocycles. The summed E-state index contributed by atoms with van der Waals surface area (Å²) < 4.78 is 31.0. The SMILES string of the molecule is CNc1cnccc1-c1nc(-c2cccc(S(=O)(=O)N(C)C)c2)no1. The zero-order chi connectivity index (χ0) is 18.0. The largest absolute Gasteiger partial charge is 0.386 e. The molecule has 0 unspecified atom stereocenters. The number of sulfonamides is 1. The Morgan fingerprint density at radius 1 is 1.20 bits per heavy atom. The van der Waals surface area contributed by atoms with Gasteiger partial charge in [0.25, 0.3) is 5.89 Å². The molecule has 0 amide bonds. The van der Waals surface area contributed by atoms with Gasteiger partial charge >= 0.3 is 0 Å². The van der Waals surface area contributed by atoms with Crippen LogP contribution in [0.4, 0.5) is 5.69 Å². The first-order chi connectivity index (χ1) is 11.9. The first-order valence-corrected chi connectivity index (χ1v) is 8.86. The van der Waals surface area contributed by atoms with Gasteiger partial charge in [0.15, 0.2) is 0 Å². The number of pyridine rings is 1. The van der Waals surface area contributed by atoms with Gasteiger partial charge in [0.2, 0.25) is 15.8 Å². The molecular formula is C16H17N5O3S. The number of rotatable bonds is 5. The highest BCUT2D eigenvalue weighted by atomic mass is 32.2. The van der Waals surface area contributed by atoms with E-state index in [-0.39, 0.29) is 4.90 Å². The van der Waals surface area contributed by atoms with Crippen LogP contribution in [0.25, 0.3) is 22.8 Å². The molecule has 0 aliphatic carbocycles. The molecule has 3 rings (SSSR count). The topological polar surface area (TPSA) is 101 Å². The Labute approximate surface area is 145 Å². The average molecular weight is 359 g/mol. The predicted molar refractivity (Wildman–Crippen MR) is 93.4 cm³/mol. The van der Waals surface area contributed by atoms with Crippen LogP contribution < -0.4 is 5.32 Å². The second-order valence-electron chi connectivity index (χ2n) is 5.41. The van der Waals surface area contributed by atoms with Crippen molar-refractivity contribution in [2.75, 3.05) is 26.5 Å². The highest BCUT2D eigenvalue weighted by molar-refractivity contribution is 7.89. The minimum atomic E-state index is -3.53. The van der Waals surface area contributed by atoms with Crippen molar-refractivity contribution in [2.24, 2.45) is 0 Å². The molecule has 0 spiro atoms. The molecule has 25 heavy (non-hydrogen) atoms. The number of hydrogen-bond donors (Lipinski definition) is 1. The molecule has 1 aromatic carbocycles. The Morgan fingerprint density at radius 2 is 2.00 bits per heavy atom. The van der Waals surface area contributed by atoms with Crippen molar-refractivity contribution in [3.8, 4) is 22.8 Å². The van der Waals surface area contributed by atoms with Gasteiger partial charge in [-0.25, -0.2) is 12.7 Å². The molecule has 0 aliphatic heterocycles. The van der Waals surface area contributed by atoms with Crippen molar-refractivity contribution in [1.29, 1.82) is 0 Å². The van der Waals surface area contributed by atoms with Crippen LogP contribution in [0.5, 0.6) is 0 Å². The molecule has 3 aromatic rings. The van der Waals surface area contributed by atoms with E-state index < -0.39 is 10.0 Å². The third-order valence-electron chi connectivity index (χ3n) is 3.62. The maximum Gasteiger partial charge on any atom is 0.260 e. The van der Waals surface area contributed by atoms with Gasteiger partial charge in [-0.1, -0.05) is 17.3 Å². The quantitative estimate of drug-likeness (QED) is 0.744. The smallest absolute Gasteiger partial charge is 0.260 e. The van der Waals surface area contributed by atoms with Crippen molar-refractivity contribution < 1.29 is 12.9 Å². The van der Waals surface area contributed by atoms with E-state index in [1.54, 1.807) is 37.6 Å². The highest BCUT2D eigenvalue weighted by Crippen LogP contribution is 2.28. The van der Waals surface area contributed by atoms with Crippen molar-refractivity contribution in [1.82, 2.24) is 19.4 Å². The first kappa shape index (κ1) is 17.1. The summed E-state index contributed by atoms with van der Waals surface area (Å²) in [6.45, 7) is 0. The average Bonchev–Trinajstić information content (AvgIpc) is 3.11. The number of nitrogens with zero attached hydrogens (tertiary/aromatic N) is 4. The van der Waals surface area contributed by atoms with E-state index in [4.69, 9.17) is 4.52 Å². The van der Waals surface area contributed by atoms with E-state index in [2.05, 4.69) is 20.4 Å². The van der Waals surface area contributed by atoms with Crippen LogP contribution in [0, 0.1) is 0 Å². The van der Waals surface area contributed by atoms with Gasteiger partial charge in [0.05, 0.1) is 22.3 Å². The molecule has 8 nitrogen and oxygen atoms in total. The standard InChI is InChI=1S/C16H17N5O3S/c1-17-14-10-18-8-7-13(14)16-19-15(20-24-16)11-5-4-6-12(9-11)25(22,23)21(2)3/h4-10,17H,1-3H3. The molecule has 0 saturated heterocycles. The number of aromatic nitrogens is 3. The number of anilines is 1. The summed E-state index contributed by atoms with van der Waals surface area (Å²) >= 11 is 0. The Bertz CT molecular complexity index is 998. The molecule has 0 bridgehead atoms. The zero-order valence-corrected chi connectivity index (χ0v) is 14.8. The zero-order valence-electron chi connectivity index (χ0n) is 14.0. The van der Waals surface area contributed by atoms with Crippen molar-refractivity contribution >= 4 is 15.7 Å². The maximum absolute atomic E-state index is 12.3. The summed E-state index contributed by atoms with van der Waals surface area (Å²) in [7, 11) is 1.20. The predicted octanol–water partition coefficient (Wildman–Crippen LogP) is 2.09. The van der Waals surface area contributed by atoms with Crippen molar-refractivity contribution in [2.45, 2.75) is 4.90 Å². The lowest BCUT2D eigenvalue weighted by Crippen LogP contribution is -2.22. The van der Waals surface area contributed by atoms with Gasteiger partial charge in [-0.05, 0) is 18.2 Å². The molecule has 0 atom stereocenters. The lowest BCUT2D eigenvalue weighted by Gasteiger charge is -2.11. The highest BCUT2D eigenvalue weighted by Gasteiger charge is 2.19. The van der Waals surface area contributed by atoms with Crippen LogP contribution >= 0.6 is 0 Å². The third kappa shape index (κ3) is 3.24. The van der Waals surface area contributed by atoms with Crippen LogP contribution in [0.3, 0.4) is 0 Å². The van der Waals surface area contributed by atoms with E-state index in [9.17, 15) is 8.42 Å². The fourth-order valence-corrected chi connectivity index (χ4v) is 3.18. The lowest BCUT2D eigenvalue weighted by atomic mass is 10.2. The molecule has 1 N–H and O–H groups in total. The van der Waals surface area contributed by atoms with Crippen molar-refractivity contribution in [3.63, 3.8) is 0 Å². The van der Waals surface area contributed by atoms with Gasteiger partial charge < -0.3 is 9.84 Å². The second-order valence-corrected chi connectivity index (χ2v) is 7.56. The number of benzene rings is 1. The third-order valence-corrected chi connectivity index (χ3v) is 5.43. The monoisotopic (exact) mass is 359 g/mol. The van der Waals surface area contributed by atoms with Gasteiger partial charge in [-0.3, -0.25) is 4.98 Å². The maximum atomic E-state index is 12.3. The Hall–Kier alpha value is -2.78. The van der Waals surface area contributed by atoms with Crippen LogP contribution in [-0.2, 0) is 10.0 Å². The van der Waals surface area contributed by atoms with Gasteiger partial charge in [0, 0.05) is 32.9 Å². The van der Waals surface area contributed by atoms with Gasteiger partial charge in [-0.15, -0.1) is 0 Å². The minimum absolute atomic E-state index is 0.168. The molecule has 0 radical (unpaired) electrons. The summed E-state index contributed by atoms with van der Waals surface area (Å²) in [6.07, 6.45) is 3.29. The summed E-state index contributed by atoms with van der Waals surface area (Å²) in [5.41, 5.74) is 2.02. The van der Waals surface area contributed by atoms with E-state index >= 15 is 0 Å². The van der Waals surface area contributed by atoms with E-state index in [1.165, 1.54) is 26.2 Å². The van der Waals surface area contributed by atoms with E-state index in [0.717, 1.165) is 9.99 Å². The molecule has 2 aromatic heterocycles. The van der Waals surface area contributed by atoms with Crippen LogP contribution in [0.15, 0.2) is 52.1 Å². The van der Waals surface area contributed by atoms with E-state index in [1.807, 2.05) is 0 Å². The summed E-state index contributed by atoms with van der Waals surface area (Å²) in [5, 5.41) is 6.97. The Morgan fingerprint density at radius 3 is 2.72 bits per heavy atom. The first-order valence-electron chi connectivity index (χ1n) is 7.42. The molecule has 0 saturated carbocycles. The van der Waals surface area contributed by atoms with Crippen LogP contribution in [0.1, 0.15) is 0 Å². The van der Waals surface area contributed by atoms with Gasteiger partial charge in [0.1, 0.15) is 0 Å². The molecular weight excluding hydrogens is 342 g/mol. The molecule has 9 heteroatoms.